The molecule has 0 radical (unpaired) electrons. The van der Waals surface area contributed by atoms with Crippen LogP contribution in [0.1, 0.15) is 6.42 Å². The Labute approximate surface area is 120 Å². The van der Waals surface area contributed by atoms with Crippen LogP contribution in [0.3, 0.4) is 0 Å². The second kappa shape index (κ2) is 5.61. The third-order valence-electron chi connectivity index (χ3n) is 2.59. The van der Waals surface area contributed by atoms with Crippen molar-refractivity contribution >= 4 is 51.5 Å². The van der Waals surface area contributed by atoms with Crippen LogP contribution in [-0.4, -0.2) is 28.5 Å². The summed E-state index contributed by atoms with van der Waals surface area (Å²) in [5, 5.41) is 1.01. The van der Waals surface area contributed by atoms with Crippen LogP contribution in [0.2, 0.25) is 10.0 Å². The monoisotopic (exact) mass is 309 g/mol. The number of benzene rings is 1. The first-order valence-corrected chi connectivity index (χ1v) is 6.66. The van der Waals surface area contributed by atoms with E-state index in [-0.39, 0.29) is 6.10 Å². The second-order valence-corrected chi connectivity index (χ2v) is 5.59. The molecule has 1 heterocycles. The van der Waals surface area contributed by atoms with E-state index in [4.69, 9.17) is 51.8 Å². The van der Waals surface area contributed by atoms with Crippen LogP contribution in [0.25, 0.3) is 0 Å². The van der Waals surface area contributed by atoms with Gasteiger partial charge < -0.3 is 9.64 Å². The van der Waals surface area contributed by atoms with E-state index in [2.05, 4.69) is 0 Å². The third kappa shape index (κ3) is 3.38. The van der Waals surface area contributed by atoms with Crippen LogP contribution in [0.5, 0.6) is 5.75 Å². The highest BCUT2D eigenvalue weighted by molar-refractivity contribution is 7.83. The van der Waals surface area contributed by atoms with Gasteiger partial charge in [0.2, 0.25) is 0 Å². The van der Waals surface area contributed by atoms with Crippen molar-refractivity contribution in [1.29, 1.82) is 0 Å². The summed E-state index contributed by atoms with van der Waals surface area (Å²) in [6.45, 7) is 1.54. The molecule has 0 spiro atoms. The Hall–Kier alpha value is -0.220. The molecule has 0 aromatic heterocycles. The molecule has 2 nitrogen and oxygen atoms in total. The Morgan fingerprint density at radius 1 is 1.35 bits per heavy atom. The molecule has 1 aliphatic heterocycles. The van der Waals surface area contributed by atoms with Crippen LogP contribution >= 0.6 is 47.0 Å². The minimum atomic E-state index is 0.0870. The molecular weight excluding hydrogens is 301 g/mol. The molecule has 2 rings (SSSR count). The fraction of sp³-hybridized carbons (Fsp3) is 0.364. The molecule has 17 heavy (non-hydrogen) atoms. The summed E-state index contributed by atoms with van der Waals surface area (Å²) in [6.07, 6.45) is 0.983. The average Bonchev–Trinajstić information content (AvgIpc) is 2.72. The molecule has 1 fully saturated rings. The number of ether oxygens (including phenoxy) is 1. The van der Waals surface area contributed by atoms with Gasteiger partial charge in [-0.2, -0.15) is 0 Å². The largest absolute Gasteiger partial charge is 0.488 e. The highest BCUT2D eigenvalue weighted by atomic mass is 35.5. The van der Waals surface area contributed by atoms with Gasteiger partial charge in [-0.25, -0.2) is 0 Å². The van der Waals surface area contributed by atoms with Crippen LogP contribution in [0, 0.1) is 0 Å². The fourth-order valence-electron chi connectivity index (χ4n) is 1.73. The summed E-state index contributed by atoms with van der Waals surface area (Å²) in [5.74, 6) is 0.715. The predicted octanol–water partition coefficient (Wildman–Crippen LogP) is 3.97. The van der Waals surface area contributed by atoms with Crippen molar-refractivity contribution in [3.05, 3.63) is 28.2 Å². The quantitative estimate of drug-likeness (QED) is 0.466. The van der Waals surface area contributed by atoms with E-state index in [0.717, 1.165) is 13.0 Å². The Kier molecular flexibility index (Phi) is 4.36. The lowest BCUT2D eigenvalue weighted by Gasteiger charge is -2.16. The number of likely N-dealkylation sites (tertiary alicyclic amines) is 1. The van der Waals surface area contributed by atoms with Crippen LogP contribution < -0.4 is 4.74 Å². The van der Waals surface area contributed by atoms with Gasteiger partial charge in [-0.1, -0.05) is 34.8 Å². The molecule has 1 aromatic rings. The highest BCUT2D eigenvalue weighted by Crippen LogP contribution is 2.28. The van der Waals surface area contributed by atoms with Gasteiger partial charge in [0, 0.05) is 19.0 Å². The van der Waals surface area contributed by atoms with Gasteiger partial charge in [0.05, 0.1) is 16.6 Å². The summed E-state index contributed by atoms with van der Waals surface area (Å²) in [5.41, 5.74) is 0. The average molecular weight is 311 g/mol. The Morgan fingerprint density at radius 2 is 2.12 bits per heavy atom. The van der Waals surface area contributed by atoms with E-state index in [0.29, 0.717) is 26.8 Å². The maximum Gasteiger partial charge on any atom is 0.170 e. The third-order valence-corrected chi connectivity index (χ3v) is 3.82. The first-order valence-electron chi connectivity index (χ1n) is 5.12. The van der Waals surface area contributed by atoms with Crippen LogP contribution in [0.4, 0.5) is 0 Å². The van der Waals surface area contributed by atoms with Gasteiger partial charge in [0.1, 0.15) is 11.9 Å². The summed E-state index contributed by atoms with van der Waals surface area (Å²) in [4.78, 5) is 1.92. The Morgan fingerprint density at radius 3 is 2.71 bits per heavy atom. The van der Waals surface area contributed by atoms with Crippen molar-refractivity contribution in [2.24, 2.45) is 0 Å². The smallest absolute Gasteiger partial charge is 0.170 e. The molecule has 6 heteroatoms. The minimum Gasteiger partial charge on any atom is -0.488 e. The normalized spacial score (nSPS) is 19.5. The highest BCUT2D eigenvalue weighted by Gasteiger charge is 2.25. The SMILES string of the molecule is S=C(Cl)N1CCC(Oc2ccc(Cl)c(Cl)c2)C1. The number of hydrogen-bond donors (Lipinski definition) is 0. The van der Waals surface area contributed by atoms with Crippen molar-refractivity contribution in [2.75, 3.05) is 13.1 Å². The van der Waals surface area contributed by atoms with E-state index in [9.17, 15) is 0 Å². The number of halogens is 3. The molecule has 0 N–H and O–H groups in total. The standard InChI is InChI=1S/C11H10Cl3NOS/c12-9-2-1-7(5-10(9)13)16-8-3-4-15(6-8)11(14)17/h1-2,5,8H,3-4,6H2. The first kappa shape index (κ1) is 13.2. The van der Waals surface area contributed by atoms with E-state index >= 15 is 0 Å². The van der Waals surface area contributed by atoms with Crippen molar-refractivity contribution < 1.29 is 4.74 Å². The molecule has 1 unspecified atom stereocenters. The molecule has 0 saturated carbocycles. The van der Waals surface area contributed by atoms with Crippen LogP contribution in [-0.2, 0) is 0 Å². The zero-order valence-electron chi connectivity index (χ0n) is 8.83. The zero-order chi connectivity index (χ0) is 12.4. The fourth-order valence-corrected chi connectivity index (χ4v) is 2.33. The lowest BCUT2D eigenvalue weighted by Crippen LogP contribution is -2.26. The maximum atomic E-state index is 5.91. The predicted molar refractivity (Wildman–Crippen MR) is 75.5 cm³/mol. The molecule has 0 aliphatic carbocycles. The maximum absolute atomic E-state index is 5.91. The van der Waals surface area contributed by atoms with Gasteiger partial charge in [-0.3, -0.25) is 0 Å². The van der Waals surface area contributed by atoms with Crippen molar-refractivity contribution in [3.63, 3.8) is 0 Å². The van der Waals surface area contributed by atoms with E-state index < -0.39 is 0 Å². The molecule has 1 aromatic carbocycles. The van der Waals surface area contributed by atoms with Crippen LogP contribution in [0.15, 0.2) is 18.2 Å². The zero-order valence-corrected chi connectivity index (χ0v) is 11.9. The van der Waals surface area contributed by atoms with Gasteiger partial charge in [0.15, 0.2) is 4.45 Å². The molecule has 92 valence electrons. The van der Waals surface area contributed by atoms with Gasteiger partial charge in [-0.15, -0.1) is 0 Å². The molecule has 1 saturated heterocycles. The van der Waals surface area contributed by atoms with Crippen molar-refractivity contribution in [1.82, 2.24) is 4.90 Å². The summed E-state index contributed by atoms with van der Waals surface area (Å²) >= 11 is 22.4. The van der Waals surface area contributed by atoms with E-state index in [1.54, 1.807) is 18.2 Å². The molecular formula is C11H10Cl3NOS. The van der Waals surface area contributed by atoms with E-state index in [1.165, 1.54) is 0 Å². The number of nitrogens with zero attached hydrogens (tertiary/aromatic N) is 1. The number of thiocarbonyl (C=S) groups is 1. The van der Waals surface area contributed by atoms with Gasteiger partial charge in [-0.05, 0) is 24.4 Å². The molecule has 1 aliphatic rings. The number of rotatable bonds is 2. The Balaban J connectivity index is 1.98. The first-order chi connectivity index (χ1) is 8.06. The lowest BCUT2D eigenvalue weighted by molar-refractivity contribution is 0.215. The molecule has 0 amide bonds. The summed E-state index contributed by atoms with van der Waals surface area (Å²) in [7, 11) is 0. The van der Waals surface area contributed by atoms with Gasteiger partial charge in [0.25, 0.3) is 0 Å². The molecule has 0 bridgehead atoms. The molecule has 1 atom stereocenters. The minimum absolute atomic E-state index is 0.0870. The summed E-state index contributed by atoms with van der Waals surface area (Å²) < 4.78 is 6.18. The number of hydrogen-bond acceptors (Lipinski definition) is 2. The van der Waals surface area contributed by atoms with E-state index in [1.807, 2.05) is 4.90 Å². The van der Waals surface area contributed by atoms with Gasteiger partial charge >= 0.3 is 0 Å². The van der Waals surface area contributed by atoms with Crippen molar-refractivity contribution in [2.45, 2.75) is 12.5 Å². The lowest BCUT2D eigenvalue weighted by atomic mass is 10.3. The second-order valence-electron chi connectivity index (χ2n) is 3.80. The Bertz CT molecular complexity index is 441. The van der Waals surface area contributed by atoms with Crippen molar-refractivity contribution in [3.8, 4) is 5.75 Å². The summed E-state index contributed by atoms with van der Waals surface area (Å²) in [6, 6.07) is 5.24. The topological polar surface area (TPSA) is 12.5 Å².